The van der Waals surface area contributed by atoms with Crippen molar-refractivity contribution in [2.45, 2.75) is 12.7 Å². The van der Waals surface area contributed by atoms with Crippen LogP contribution in [0.5, 0.6) is 17.4 Å². The number of piperazine rings is 1. The van der Waals surface area contributed by atoms with Crippen molar-refractivity contribution in [2.24, 2.45) is 7.05 Å². The molecule has 0 unspecified atom stereocenters. The fourth-order valence-electron chi connectivity index (χ4n) is 5.53. The van der Waals surface area contributed by atoms with Crippen molar-refractivity contribution in [2.75, 3.05) is 38.6 Å². The van der Waals surface area contributed by atoms with Crippen LogP contribution in [0.3, 0.4) is 0 Å². The Morgan fingerprint density at radius 1 is 0.915 bits per heavy atom. The van der Waals surface area contributed by atoms with Gasteiger partial charge in [0.2, 0.25) is 5.88 Å². The minimum absolute atomic E-state index is 0.0509. The molecule has 12 heteroatoms. The van der Waals surface area contributed by atoms with E-state index >= 15 is 0 Å². The minimum atomic E-state index is -4.48. The average molecular weight is 644 g/mol. The van der Waals surface area contributed by atoms with E-state index in [0.717, 1.165) is 60.6 Å². The molecular formula is C35H32F3N5O4. The number of pyridine rings is 1. The fraction of sp³-hybridized carbons (Fsp3) is 0.229. The molecular weight excluding hydrogens is 611 g/mol. The standard InChI is InChI=1S/C35H32F3N5O4/c1-41-29-4-3-5-31(47-32-15-12-26(21-39-32)40-33(44)24-8-10-25(11-9-24)35(36,37)38)28(29)20-30(41)34(45)43-18-16-42(17-19-43)22-23-6-13-27(46-2)14-7-23/h3-15,20-21H,16-19,22H2,1-2H3,(H,40,44). The van der Waals surface area contributed by atoms with Crippen LogP contribution in [0.1, 0.15) is 32.0 Å². The van der Waals surface area contributed by atoms with Crippen molar-refractivity contribution in [3.63, 3.8) is 0 Å². The van der Waals surface area contributed by atoms with Crippen molar-refractivity contribution in [3.8, 4) is 17.4 Å². The van der Waals surface area contributed by atoms with Gasteiger partial charge >= 0.3 is 6.18 Å². The number of anilines is 1. The third-order valence-corrected chi connectivity index (χ3v) is 8.17. The molecule has 1 N–H and O–H groups in total. The lowest BCUT2D eigenvalue weighted by atomic mass is 10.1. The van der Waals surface area contributed by atoms with E-state index in [0.29, 0.717) is 30.2 Å². The van der Waals surface area contributed by atoms with Crippen LogP contribution in [0.15, 0.2) is 91.1 Å². The van der Waals surface area contributed by atoms with E-state index in [1.165, 1.54) is 11.8 Å². The molecule has 2 amide bonds. The molecule has 6 rings (SSSR count). The van der Waals surface area contributed by atoms with E-state index in [-0.39, 0.29) is 17.4 Å². The quantitative estimate of drug-likeness (QED) is 0.205. The lowest BCUT2D eigenvalue weighted by Crippen LogP contribution is -2.48. The molecule has 1 saturated heterocycles. The highest BCUT2D eigenvalue weighted by Crippen LogP contribution is 2.33. The first-order chi connectivity index (χ1) is 22.6. The number of hydrogen-bond donors (Lipinski definition) is 1. The number of ether oxygens (including phenoxy) is 2. The highest BCUT2D eigenvalue weighted by Gasteiger charge is 2.30. The van der Waals surface area contributed by atoms with E-state index in [9.17, 15) is 22.8 Å². The van der Waals surface area contributed by atoms with Crippen LogP contribution in [0.25, 0.3) is 10.9 Å². The summed E-state index contributed by atoms with van der Waals surface area (Å²) in [6, 6.07) is 22.5. The monoisotopic (exact) mass is 643 g/mol. The number of nitrogens with one attached hydrogen (secondary N) is 1. The van der Waals surface area contributed by atoms with Crippen LogP contribution >= 0.6 is 0 Å². The van der Waals surface area contributed by atoms with Gasteiger partial charge in [-0.3, -0.25) is 14.5 Å². The molecule has 0 atom stereocenters. The van der Waals surface area contributed by atoms with E-state index in [1.807, 2.05) is 46.8 Å². The van der Waals surface area contributed by atoms with E-state index < -0.39 is 17.6 Å². The first kappa shape index (κ1) is 31.6. The van der Waals surface area contributed by atoms with Crippen molar-refractivity contribution in [3.05, 3.63) is 114 Å². The lowest BCUT2D eigenvalue weighted by Gasteiger charge is -2.34. The smallest absolute Gasteiger partial charge is 0.416 e. The van der Waals surface area contributed by atoms with Crippen LogP contribution < -0.4 is 14.8 Å². The zero-order valence-electron chi connectivity index (χ0n) is 25.8. The first-order valence-electron chi connectivity index (χ1n) is 14.9. The molecule has 242 valence electrons. The van der Waals surface area contributed by atoms with Gasteiger partial charge in [-0.1, -0.05) is 18.2 Å². The number of halogens is 3. The number of carbonyl (C=O) groups is 2. The first-order valence-corrected chi connectivity index (χ1v) is 14.9. The highest BCUT2D eigenvalue weighted by molar-refractivity contribution is 6.04. The van der Waals surface area contributed by atoms with Gasteiger partial charge in [0.05, 0.1) is 30.1 Å². The number of hydrogen-bond acceptors (Lipinski definition) is 6. The van der Waals surface area contributed by atoms with Gasteiger partial charge in [0.25, 0.3) is 11.8 Å². The third kappa shape index (κ3) is 7.07. The summed E-state index contributed by atoms with van der Waals surface area (Å²) in [6.07, 6.45) is -3.09. The topological polar surface area (TPSA) is 88.9 Å². The maximum atomic E-state index is 13.6. The molecule has 47 heavy (non-hydrogen) atoms. The second kappa shape index (κ2) is 13.2. The van der Waals surface area contributed by atoms with Crippen molar-refractivity contribution in [1.29, 1.82) is 0 Å². The molecule has 0 bridgehead atoms. The summed E-state index contributed by atoms with van der Waals surface area (Å²) in [5.41, 5.74) is 2.16. The molecule has 2 aromatic heterocycles. The largest absolute Gasteiger partial charge is 0.497 e. The summed E-state index contributed by atoms with van der Waals surface area (Å²) < 4.78 is 51.7. The third-order valence-electron chi connectivity index (χ3n) is 8.17. The van der Waals surface area contributed by atoms with Gasteiger partial charge in [-0.2, -0.15) is 13.2 Å². The van der Waals surface area contributed by atoms with Crippen LogP contribution in [-0.4, -0.2) is 64.5 Å². The summed E-state index contributed by atoms with van der Waals surface area (Å²) in [7, 11) is 3.50. The number of aromatic nitrogens is 2. The summed E-state index contributed by atoms with van der Waals surface area (Å²) in [5, 5.41) is 3.37. The van der Waals surface area contributed by atoms with E-state index in [1.54, 1.807) is 25.3 Å². The number of nitrogens with zero attached hydrogens (tertiary/aromatic N) is 4. The van der Waals surface area contributed by atoms with Crippen LogP contribution in [-0.2, 0) is 19.8 Å². The molecule has 1 fully saturated rings. The number of alkyl halides is 3. The SMILES string of the molecule is COc1ccc(CN2CCN(C(=O)c3cc4c(Oc5ccc(NC(=O)c6ccc(C(F)(F)F)cc6)cn5)cccc4n3C)CC2)cc1. The lowest BCUT2D eigenvalue weighted by molar-refractivity contribution is -0.137. The Kier molecular flexibility index (Phi) is 8.86. The zero-order valence-corrected chi connectivity index (χ0v) is 25.8. The molecule has 1 aliphatic heterocycles. The van der Waals surface area contributed by atoms with Crippen molar-refractivity contribution >= 4 is 28.4 Å². The van der Waals surface area contributed by atoms with Gasteiger partial charge in [0.1, 0.15) is 17.2 Å². The number of rotatable bonds is 8. The number of fused-ring (bicyclic) bond motifs is 1. The normalized spacial score (nSPS) is 13.9. The summed E-state index contributed by atoms with van der Waals surface area (Å²) in [6.45, 7) is 3.57. The average Bonchev–Trinajstić information content (AvgIpc) is 3.42. The number of aryl methyl sites for hydroxylation is 1. The highest BCUT2D eigenvalue weighted by atomic mass is 19.4. The Morgan fingerprint density at radius 3 is 2.28 bits per heavy atom. The van der Waals surface area contributed by atoms with Gasteiger partial charge in [0.15, 0.2) is 0 Å². The Morgan fingerprint density at radius 2 is 1.64 bits per heavy atom. The predicted octanol–water partition coefficient (Wildman–Crippen LogP) is 6.60. The molecule has 0 saturated carbocycles. The fourth-order valence-corrected chi connectivity index (χ4v) is 5.53. The van der Waals surface area contributed by atoms with Gasteiger partial charge in [-0.05, 0) is 66.2 Å². The molecule has 3 aromatic carbocycles. The number of amides is 2. The van der Waals surface area contributed by atoms with Crippen molar-refractivity contribution < 1.29 is 32.2 Å². The molecule has 0 aliphatic carbocycles. The summed E-state index contributed by atoms with van der Waals surface area (Å²) in [5.74, 6) is 0.971. The van der Waals surface area contributed by atoms with Gasteiger partial charge in [-0.25, -0.2) is 4.98 Å². The Labute approximate surface area is 269 Å². The number of methoxy groups -OCH3 is 1. The van der Waals surface area contributed by atoms with E-state index in [4.69, 9.17) is 9.47 Å². The van der Waals surface area contributed by atoms with Crippen LogP contribution in [0, 0.1) is 0 Å². The summed E-state index contributed by atoms with van der Waals surface area (Å²) >= 11 is 0. The number of carbonyl (C=O) groups excluding carboxylic acids is 2. The molecule has 1 aliphatic rings. The summed E-state index contributed by atoms with van der Waals surface area (Å²) in [4.78, 5) is 34.6. The molecule has 0 spiro atoms. The Bertz CT molecular complexity index is 1880. The Balaban J connectivity index is 1.09. The van der Waals surface area contributed by atoms with Gasteiger partial charge in [-0.15, -0.1) is 0 Å². The zero-order chi connectivity index (χ0) is 33.1. The predicted molar refractivity (Wildman–Crippen MR) is 171 cm³/mol. The van der Waals surface area contributed by atoms with Crippen LogP contribution in [0.4, 0.5) is 18.9 Å². The molecule has 3 heterocycles. The van der Waals surface area contributed by atoms with Crippen molar-refractivity contribution in [1.82, 2.24) is 19.4 Å². The molecule has 0 radical (unpaired) electrons. The van der Waals surface area contributed by atoms with E-state index in [2.05, 4.69) is 27.3 Å². The minimum Gasteiger partial charge on any atom is -0.497 e. The second-order valence-electron chi connectivity index (χ2n) is 11.2. The maximum absolute atomic E-state index is 13.6. The second-order valence-corrected chi connectivity index (χ2v) is 11.2. The van der Waals surface area contributed by atoms with Crippen LogP contribution in [0.2, 0.25) is 0 Å². The molecule has 5 aromatic rings. The maximum Gasteiger partial charge on any atom is 0.416 e. The van der Waals surface area contributed by atoms with Gasteiger partial charge in [0, 0.05) is 56.8 Å². The number of benzene rings is 3. The van der Waals surface area contributed by atoms with Gasteiger partial charge < -0.3 is 24.3 Å². The Hall–Kier alpha value is -5.36. The molecule has 9 nitrogen and oxygen atoms in total.